The van der Waals surface area contributed by atoms with Gasteiger partial charge in [0.25, 0.3) is 5.91 Å². The molecule has 0 bridgehead atoms. The quantitative estimate of drug-likeness (QED) is 0.767. The first-order valence-corrected chi connectivity index (χ1v) is 9.16. The van der Waals surface area contributed by atoms with E-state index in [1.165, 1.54) is 27.4 Å². The zero-order valence-corrected chi connectivity index (χ0v) is 16.7. The minimum Gasteiger partial charge on any atom is -0.493 e. The van der Waals surface area contributed by atoms with E-state index in [0.717, 1.165) is 12.3 Å². The van der Waals surface area contributed by atoms with Crippen molar-refractivity contribution >= 4 is 11.7 Å². The largest absolute Gasteiger partial charge is 0.493 e. The third-order valence-electron chi connectivity index (χ3n) is 4.85. The molecular formula is C20H22F3N3O4. The van der Waals surface area contributed by atoms with Crippen molar-refractivity contribution in [3.8, 4) is 17.2 Å². The molecule has 10 heteroatoms. The number of carbonyl (C=O) groups excluding carboxylic acids is 1. The summed E-state index contributed by atoms with van der Waals surface area (Å²) in [6, 6.07) is 5.28. The Balaban J connectivity index is 1.67. The number of pyridine rings is 1. The van der Waals surface area contributed by atoms with Crippen molar-refractivity contribution in [2.75, 3.05) is 39.3 Å². The number of nitrogens with one attached hydrogen (secondary N) is 1. The maximum absolute atomic E-state index is 12.7. The lowest BCUT2D eigenvalue weighted by Crippen LogP contribution is -2.37. The standard InChI is InChI=1S/C20H22F3N3O4/c1-28-15-8-12(9-16(29-2)18(15)30-3)19(27)25-14-6-7-26(11-14)17-5-4-13(10-24-17)20(21,22)23/h4-5,8-10,14H,6-7,11H2,1-3H3,(H,25,27). The molecule has 3 rings (SSSR count). The van der Waals surface area contributed by atoms with Crippen LogP contribution in [0, 0.1) is 0 Å². The van der Waals surface area contributed by atoms with Crippen LogP contribution >= 0.6 is 0 Å². The van der Waals surface area contributed by atoms with E-state index in [9.17, 15) is 18.0 Å². The molecule has 2 heterocycles. The van der Waals surface area contributed by atoms with E-state index in [4.69, 9.17) is 14.2 Å². The van der Waals surface area contributed by atoms with Crippen molar-refractivity contribution in [3.63, 3.8) is 0 Å². The van der Waals surface area contributed by atoms with Gasteiger partial charge in [-0.1, -0.05) is 0 Å². The number of hydrogen-bond donors (Lipinski definition) is 1. The fraction of sp³-hybridized carbons (Fsp3) is 0.400. The molecule has 2 aromatic rings. The predicted molar refractivity (Wildman–Crippen MR) is 103 cm³/mol. The highest BCUT2D eigenvalue weighted by atomic mass is 19.4. The van der Waals surface area contributed by atoms with Gasteiger partial charge in [-0.25, -0.2) is 4.98 Å². The van der Waals surface area contributed by atoms with Crippen LogP contribution in [0.15, 0.2) is 30.5 Å². The predicted octanol–water partition coefficient (Wildman–Crippen LogP) is 3.13. The summed E-state index contributed by atoms with van der Waals surface area (Å²) in [4.78, 5) is 18.5. The molecule has 0 spiro atoms. The van der Waals surface area contributed by atoms with E-state index >= 15 is 0 Å². The smallest absolute Gasteiger partial charge is 0.417 e. The van der Waals surface area contributed by atoms with Gasteiger partial charge in [0.15, 0.2) is 11.5 Å². The SMILES string of the molecule is COc1cc(C(=O)NC2CCN(c3ccc(C(F)(F)F)cn3)C2)cc(OC)c1OC. The summed E-state index contributed by atoms with van der Waals surface area (Å²) in [6.45, 7) is 1.01. The zero-order chi connectivity index (χ0) is 21.9. The molecule has 0 saturated carbocycles. The number of benzene rings is 1. The van der Waals surface area contributed by atoms with Gasteiger partial charge in [-0.15, -0.1) is 0 Å². The Morgan fingerprint density at radius 2 is 1.80 bits per heavy atom. The topological polar surface area (TPSA) is 72.9 Å². The number of hydrogen-bond acceptors (Lipinski definition) is 6. The molecule has 1 aromatic heterocycles. The van der Waals surface area contributed by atoms with Crippen LogP contribution in [0.4, 0.5) is 19.0 Å². The van der Waals surface area contributed by atoms with E-state index in [2.05, 4.69) is 10.3 Å². The maximum atomic E-state index is 12.7. The zero-order valence-electron chi connectivity index (χ0n) is 16.7. The van der Waals surface area contributed by atoms with Crippen LogP contribution in [-0.4, -0.2) is 51.4 Å². The Labute approximate surface area is 171 Å². The number of nitrogens with zero attached hydrogens (tertiary/aromatic N) is 2. The molecule has 1 amide bonds. The summed E-state index contributed by atoms with van der Waals surface area (Å²) in [5, 5.41) is 2.93. The summed E-state index contributed by atoms with van der Waals surface area (Å²) in [6.07, 6.45) is -2.97. The highest BCUT2D eigenvalue weighted by Gasteiger charge is 2.31. The summed E-state index contributed by atoms with van der Waals surface area (Å²) >= 11 is 0. The Morgan fingerprint density at radius 1 is 1.13 bits per heavy atom. The molecule has 1 N–H and O–H groups in total. The maximum Gasteiger partial charge on any atom is 0.417 e. The molecule has 0 radical (unpaired) electrons. The molecule has 30 heavy (non-hydrogen) atoms. The molecular weight excluding hydrogens is 403 g/mol. The van der Waals surface area contributed by atoms with Gasteiger partial charge < -0.3 is 24.4 Å². The van der Waals surface area contributed by atoms with Crippen LogP contribution in [-0.2, 0) is 6.18 Å². The molecule has 1 fully saturated rings. The second kappa shape index (κ2) is 8.68. The number of alkyl halides is 3. The number of halogens is 3. The van der Waals surface area contributed by atoms with E-state index in [0.29, 0.717) is 48.1 Å². The molecule has 162 valence electrons. The number of methoxy groups -OCH3 is 3. The minimum absolute atomic E-state index is 0.180. The van der Waals surface area contributed by atoms with Gasteiger partial charge >= 0.3 is 6.18 Å². The van der Waals surface area contributed by atoms with Crippen molar-refractivity contribution in [1.82, 2.24) is 10.3 Å². The molecule has 1 atom stereocenters. The van der Waals surface area contributed by atoms with Gasteiger partial charge in [-0.05, 0) is 30.7 Å². The summed E-state index contributed by atoms with van der Waals surface area (Å²) in [7, 11) is 4.40. The normalized spacial score (nSPS) is 16.3. The number of aromatic nitrogens is 1. The Kier molecular flexibility index (Phi) is 6.23. The first kappa shape index (κ1) is 21.5. The lowest BCUT2D eigenvalue weighted by atomic mass is 10.1. The molecule has 1 aromatic carbocycles. The van der Waals surface area contributed by atoms with Crippen molar-refractivity contribution < 1.29 is 32.2 Å². The lowest BCUT2D eigenvalue weighted by Gasteiger charge is -2.19. The Bertz CT molecular complexity index is 878. The summed E-state index contributed by atoms with van der Waals surface area (Å²) < 4.78 is 53.9. The van der Waals surface area contributed by atoms with E-state index in [1.54, 1.807) is 12.1 Å². The second-order valence-electron chi connectivity index (χ2n) is 6.72. The van der Waals surface area contributed by atoms with Gasteiger partial charge in [0.1, 0.15) is 5.82 Å². The van der Waals surface area contributed by atoms with Crippen molar-refractivity contribution in [3.05, 3.63) is 41.6 Å². The van der Waals surface area contributed by atoms with Crippen LogP contribution < -0.4 is 24.4 Å². The first-order valence-electron chi connectivity index (χ1n) is 9.16. The van der Waals surface area contributed by atoms with Crippen LogP contribution in [0.5, 0.6) is 17.2 Å². The fourth-order valence-corrected chi connectivity index (χ4v) is 3.31. The summed E-state index contributed by atoms with van der Waals surface area (Å²) in [5.41, 5.74) is -0.451. The second-order valence-corrected chi connectivity index (χ2v) is 6.72. The number of anilines is 1. The number of carbonyl (C=O) groups is 1. The van der Waals surface area contributed by atoms with Crippen LogP contribution in [0.2, 0.25) is 0 Å². The van der Waals surface area contributed by atoms with E-state index in [1.807, 2.05) is 4.90 Å². The van der Waals surface area contributed by atoms with Gasteiger partial charge in [-0.2, -0.15) is 13.2 Å². The number of amides is 1. The Hall–Kier alpha value is -3.17. The highest BCUT2D eigenvalue weighted by Crippen LogP contribution is 2.38. The monoisotopic (exact) mass is 425 g/mol. The minimum atomic E-state index is -4.42. The molecule has 1 aliphatic heterocycles. The average Bonchev–Trinajstić information content (AvgIpc) is 3.20. The van der Waals surface area contributed by atoms with Crippen LogP contribution in [0.3, 0.4) is 0 Å². The molecule has 1 unspecified atom stereocenters. The van der Waals surface area contributed by atoms with Gasteiger partial charge in [0, 0.05) is 30.9 Å². The lowest BCUT2D eigenvalue weighted by molar-refractivity contribution is -0.137. The highest BCUT2D eigenvalue weighted by molar-refractivity contribution is 5.96. The Morgan fingerprint density at radius 3 is 2.30 bits per heavy atom. The van der Waals surface area contributed by atoms with Crippen molar-refractivity contribution in [1.29, 1.82) is 0 Å². The third-order valence-corrected chi connectivity index (χ3v) is 4.85. The first-order chi connectivity index (χ1) is 14.3. The fourth-order valence-electron chi connectivity index (χ4n) is 3.31. The number of ether oxygens (including phenoxy) is 3. The van der Waals surface area contributed by atoms with Crippen LogP contribution in [0.25, 0.3) is 0 Å². The number of rotatable bonds is 6. The molecule has 7 nitrogen and oxygen atoms in total. The van der Waals surface area contributed by atoms with Gasteiger partial charge in [0.05, 0.1) is 26.9 Å². The molecule has 1 saturated heterocycles. The van der Waals surface area contributed by atoms with E-state index in [-0.39, 0.29) is 11.9 Å². The van der Waals surface area contributed by atoms with E-state index < -0.39 is 11.7 Å². The van der Waals surface area contributed by atoms with Crippen molar-refractivity contribution in [2.24, 2.45) is 0 Å². The van der Waals surface area contributed by atoms with Gasteiger partial charge in [0.2, 0.25) is 5.75 Å². The molecule has 0 aliphatic carbocycles. The van der Waals surface area contributed by atoms with Gasteiger partial charge in [-0.3, -0.25) is 4.79 Å². The third kappa shape index (κ3) is 4.52. The average molecular weight is 425 g/mol. The molecule has 1 aliphatic rings. The summed E-state index contributed by atoms with van der Waals surface area (Å²) in [5.74, 6) is 1.24. The van der Waals surface area contributed by atoms with Crippen LogP contribution in [0.1, 0.15) is 22.3 Å². The van der Waals surface area contributed by atoms with Crippen molar-refractivity contribution in [2.45, 2.75) is 18.6 Å².